The van der Waals surface area contributed by atoms with Gasteiger partial charge in [0, 0.05) is 10.9 Å². The van der Waals surface area contributed by atoms with Crippen molar-refractivity contribution in [2.24, 2.45) is 0 Å². The molecule has 1 aromatic heterocycles. The van der Waals surface area contributed by atoms with E-state index < -0.39 is 0 Å². The van der Waals surface area contributed by atoms with Crippen molar-refractivity contribution in [3.63, 3.8) is 0 Å². The predicted molar refractivity (Wildman–Crippen MR) is 70.8 cm³/mol. The van der Waals surface area contributed by atoms with E-state index >= 15 is 0 Å². The first-order valence-electron chi connectivity index (χ1n) is 5.33. The van der Waals surface area contributed by atoms with E-state index in [0.717, 1.165) is 34.6 Å². The summed E-state index contributed by atoms with van der Waals surface area (Å²) in [6.07, 6.45) is 0.742. The highest BCUT2D eigenvalue weighted by molar-refractivity contribution is 7.11. The van der Waals surface area contributed by atoms with E-state index in [1.165, 1.54) is 11.3 Å². The molecule has 0 atom stereocenters. The lowest BCUT2D eigenvalue weighted by atomic mass is 10.1. The number of hydrogen-bond acceptors (Lipinski definition) is 5. The van der Waals surface area contributed by atoms with Crippen molar-refractivity contribution in [2.75, 3.05) is 14.2 Å². The number of nitrogens with zero attached hydrogens (tertiary/aromatic N) is 1. The highest BCUT2D eigenvalue weighted by atomic mass is 32.1. The van der Waals surface area contributed by atoms with Crippen molar-refractivity contribution in [3.8, 4) is 22.8 Å². The third-order valence-corrected chi connectivity index (χ3v) is 3.39. The first-order chi connectivity index (χ1) is 8.69. The zero-order valence-corrected chi connectivity index (χ0v) is 11.2. The number of carbonyl (C=O) groups excluding carboxylic acids is 1. The fourth-order valence-corrected chi connectivity index (χ4v) is 2.33. The molecule has 18 heavy (non-hydrogen) atoms. The molecule has 0 N–H and O–H groups in total. The highest BCUT2D eigenvalue weighted by Crippen LogP contribution is 2.35. The predicted octanol–water partition coefficient (Wildman–Crippen LogP) is 2.95. The number of thiazole rings is 1. The van der Waals surface area contributed by atoms with E-state index in [2.05, 4.69) is 4.98 Å². The molecule has 0 radical (unpaired) electrons. The summed E-state index contributed by atoms with van der Waals surface area (Å²) in [5, 5.41) is 2.28. The SMILES string of the molecule is COc1cc(-c2csc(C=O)n2)c(OC)cc1C. The van der Waals surface area contributed by atoms with Crippen molar-refractivity contribution in [1.29, 1.82) is 0 Å². The summed E-state index contributed by atoms with van der Waals surface area (Å²) in [5.41, 5.74) is 2.53. The molecule has 5 heteroatoms. The lowest BCUT2D eigenvalue weighted by molar-refractivity contribution is 0.112. The third kappa shape index (κ3) is 2.22. The number of rotatable bonds is 4. The summed E-state index contributed by atoms with van der Waals surface area (Å²) >= 11 is 1.31. The second-order valence-electron chi connectivity index (χ2n) is 3.71. The monoisotopic (exact) mass is 263 g/mol. The summed E-state index contributed by atoms with van der Waals surface area (Å²) in [5.74, 6) is 1.49. The average Bonchev–Trinajstić information content (AvgIpc) is 2.87. The van der Waals surface area contributed by atoms with Crippen molar-refractivity contribution >= 4 is 17.6 Å². The summed E-state index contributed by atoms with van der Waals surface area (Å²) in [4.78, 5) is 14.9. The van der Waals surface area contributed by atoms with Gasteiger partial charge >= 0.3 is 0 Å². The maximum absolute atomic E-state index is 10.7. The van der Waals surface area contributed by atoms with Crippen LogP contribution in [0.1, 0.15) is 15.4 Å². The molecule has 94 valence electrons. The fourth-order valence-electron chi connectivity index (χ4n) is 1.72. The zero-order chi connectivity index (χ0) is 13.1. The second-order valence-corrected chi connectivity index (χ2v) is 4.60. The van der Waals surface area contributed by atoms with E-state index in [1.807, 2.05) is 24.4 Å². The van der Waals surface area contributed by atoms with Gasteiger partial charge in [-0.2, -0.15) is 0 Å². The standard InChI is InChI=1S/C13H13NO3S/c1-8-4-12(17-3)9(5-11(8)16-2)10-7-18-13(6-15)14-10/h4-7H,1-3H3. The van der Waals surface area contributed by atoms with E-state index in [1.54, 1.807) is 14.2 Å². The van der Waals surface area contributed by atoms with Gasteiger partial charge in [0.25, 0.3) is 0 Å². The summed E-state index contributed by atoms with van der Waals surface area (Å²) in [6.45, 7) is 1.95. The number of methoxy groups -OCH3 is 2. The molecule has 0 spiro atoms. The highest BCUT2D eigenvalue weighted by Gasteiger charge is 2.13. The molecule has 0 saturated carbocycles. The third-order valence-electron chi connectivity index (χ3n) is 2.62. The van der Waals surface area contributed by atoms with Crippen LogP contribution in [0.25, 0.3) is 11.3 Å². The van der Waals surface area contributed by atoms with Crippen LogP contribution in [0.2, 0.25) is 0 Å². The van der Waals surface area contributed by atoms with Crippen LogP contribution in [0.4, 0.5) is 0 Å². The lowest BCUT2D eigenvalue weighted by Gasteiger charge is -2.11. The Hall–Kier alpha value is -1.88. The first kappa shape index (κ1) is 12.6. The van der Waals surface area contributed by atoms with Crippen LogP contribution >= 0.6 is 11.3 Å². The minimum absolute atomic E-state index is 0.451. The summed E-state index contributed by atoms with van der Waals surface area (Å²) < 4.78 is 10.6. The van der Waals surface area contributed by atoms with Crippen molar-refractivity contribution in [3.05, 3.63) is 28.1 Å². The van der Waals surface area contributed by atoms with Crippen LogP contribution in [-0.2, 0) is 0 Å². The van der Waals surface area contributed by atoms with Gasteiger partial charge in [0.15, 0.2) is 11.3 Å². The summed E-state index contributed by atoms with van der Waals surface area (Å²) in [7, 11) is 3.23. The van der Waals surface area contributed by atoms with E-state index in [-0.39, 0.29) is 0 Å². The first-order valence-corrected chi connectivity index (χ1v) is 6.21. The van der Waals surface area contributed by atoms with E-state index in [4.69, 9.17) is 9.47 Å². The molecule has 0 amide bonds. The smallest absolute Gasteiger partial charge is 0.178 e. The molecule has 0 unspecified atom stereocenters. The van der Waals surface area contributed by atoms with Gasteiger partial charge in [-0.15, -0.1) is 11.3 Å². The molecular formula is C13H13NO3S. The van der Waals surface area contributed by atoms with Crippen LogP contribution in [0, 0.1) is 6.92 Å². The van der Waals surface area contributed by atoms with Gasteiger partial charge in [-0.3, -0.25) is 4.79 Å². The number of aryl methyl sites for hydroxylation is 1. The fraction of sp³-hybridized carbons (Fsp3) is 0.231. The number of benzene rings is 1. The Bertz CT molecular complexity index is 578. The molecule has 0 saturated heterocycles. The topological polar surface area (TPSA) is 48.4 Å². The van der Waals surface area contributed by atoms with Crippen LogP contribution < -0.4 is 9.47 Å². The Labute approximate surface area is 109 Å². The molecule has 0 aliphatic rings. The van der Waals surface area contributed by atoms with E-state index in [0.29, 0.717) is 5.01 Å². The van der Waals surface area contributed by atoms with Gasteiger partial charge < -0.3 is 9.47 Å². The van der Waals surface area contributed by atoms with Crippen molar-refractivity contribution in [2.45, 2.75) is 6.92 Å². The zero-order valence-electron chi connectivity index (χ0n) is 10.4. The van der Waals surface area contributed by atoms with Crippen LogP contribution in [0.3, 0.4) is 0 Å². The lowest BCUT2D eigenvalue weighted by Crippen LogP contribution is -1.93. The molecule has 0 aliphatic carbocycles. The Kier molecular flexibility index (Phi) is 3.62. The van der Waals surface area contributed by atoms with Gasteiger partial charge in [0.2, 0.25) is 0 Å². The Morgan fingerprint density at radius 1 is 1.22 bits per heavy atom. The minimum Gasteiger partial charge on any atom is -0.496 e. The molecule has 2 aromatic rings. The largest absolute Gasteiger partial charge is 0.496 e. The molecule has 2 rings (SSSR count). The Morgan fingerprint density at radius 3 is 2.50 bits per heavy atom. The minimum atomic E-state index is 0.451. The quantitative estimate of drug-likeness (QED) is 0.796. The molecular weight excluding hydrogens is 250 g/mol. The van der Waals surface area contributed by atoms with Crippen LogP contribution in [0.15, 0.2) is 17.5 Å². The number of aldehydes is 1. The van der Waals surface area contributed by atoms with Crippen LogP contribution in [-0.4, -0.2) is 25.5 Å². The molecule has 0 fully saturated rings. The molecule has 4 nitrogen and oxygen atoms in total. The molecule has 1 heterocycles. The van der Waals surface area contributed by atoms with E-state index in [9.17, 15) is 4.79 Å². The van der Waals surface area contributed by atoms with Gasteiger partial charge in [-0.1, -0.05) is 0 Å². The average molecular weight is 263 g/mol. The van der Waals surface area contributed by atoms with Crippen molar-refractivity contribution < 1.29 is 14.3 Å². The van der Waals surface area contributed by atoms with Crippen LogP contribution in [0.5, 0.6) is 11.5 Å². The van der Waals surface area contributed by atoms with Gasteiger partial charge in [0.05, 0.1) is 19.9 Å². The Balaban J connectivity index is 2.57. The maximum atomic E-state index is 10.7. The number of ether oxygens (including phenoxy) is 2. The van der Waals surface area contributed by atoms with Gasteiger partial charge in [-0.25, -0.2) is 4.98 Å². The Morgan fingerprint density at radius 2 is 1.94 bits per heavy atom. The number of aromatic nitrogens is 1. The molecule has 1 aromatic carbocycles. The maximum Gasteiger partial charge on any atom is 0.178 e. The van der Waals surface area contributed by atoms with Gasteiger partial charge in [0.1, 0.15) is 11.5 Å². The van der Waals surface area contributed by atoms with Gasteiger partial charge in [-0.05, 0) is 24.6 Å². The summed E-state index contributed by atoms with van der Waals surface area (Å²) in [6, 6.07) is 3.77. The second kappa shape index (κ2) is 5.18. The normalized spacial score (nSPS) is 10.2. The molecule has 0 aliphatic heterocycles. The number of hydrogen-bond donors (Lipinski definition) is 0. The number of carbonyl (C=O) groups is 1. The molecule has 0 bridgehead atoms. The van der Waals surface area contributed by atoms with Crippen molar-refractivity contribution in [1.82, 2.24) is 4.98 Å².